The van der Waals surface area contributed by atoms with E-state index in [-0.39, 0.29) is 76.6 Å². The molecule has 2 heterocycles. The highest BCUT2D eigenvalue weighted by atomic mass is 16.6. The molecular formula is C50H78N4O20. The first-order valence-electron chi connectivity index (χ1n) is 24.8. The van der Waals surface area contributed by atoms with Crippen LogP contribution in [0.5, 0.6) is 0 Å². The SMILES string of the molecule is COCCOCCOCCOCCOCCOCCOC(=O)CCn1cc(C)c(=O)n(Cc2ccccc2Cn2c(=O)c(C)cn(CCC(=O)OCCOCCOCCOCCOCCOCCOC)c2=O)c1=O. The summed E-state index contributed by atoms with van der Waals surface area (Å²) in [5, 5.41) is 0. The van der Waals surface area contributed by atoms with Crippen molar-refractivity contribution in [2.24, 2.45) is 0 Å². The normalized spacial score (nSPS) is 11.4. The van der Waals surface area contributed by atoms with E-state index in [9.17, 15) is 28.8 Å². The number of benzene rings is 1. The predicted octanol–water partition coefficient (Wildman–Crippen LogP) is 0.372. The Morgan fingerprint density at radius 3 is 0.919 bits per heavy atom. The number of esters is 2. The van der Waals surface area contributed by atoms with Crippen LogP contribution >= 0.6 is 0 Å². The molecule has 0 aliphatic heterocycles. The van der Waals surface area contributed by atoms with Crippen LogP contribution in [-0.4, -0.2) is 203 Å². The molecule has 3 rings (SSSR count). The Hall–Kier alpha value is -4.96. The first kappa shape index (κ1) is 63.3. The first-order valence-corrected chi connectivity index (χ1v) is 24.8. The molecule has 74 heavy (non-hydrogen) atoms. The molecule has 0 spiro atoms. The zero-order valence-corrected chi connectivity index (χ0v) is 43.6. The van der Waals surface area contributed by atoms with Crippen molar-refractivity contribution in [3.05, 3.63) is 101 Å². The highest BCUT2D eigenvalue weighted by Crippen LogP contribution is 2.11. The first-order chi connectivity index (χ1) is 36.1. The number of aryl methyl sites for hydroxylation is 4. The average molecular weight is 1060 g/mol. The van der Waals surface area contributed by atoms with Crippen LogP contribution in [0.2, 0.25) is 0 Å². The molecule has 0 amide bonds. The molecule has 0 saturated heterocycles. The maximum absolute atomic E-state index is 13.7. The van der Waals surface area contributed by atoms with E-state index in [1.807, 2.05) is 0 Å². The van der Waals surface area contributed by atoms with Crippen molar-refractivity contribution in [3.8, 4) is 0 Å². The fourth-order valence-electron chi connectivity index (χ4n) is 6.65. The van der Waals surface area contributed by atoms with Gasteiger partial charge in [0.05, 0.1) is 171 Å². The van der Waals surface area contributed by atoms with E-state index in [4.69, 9.17) is 66.3 Å². The van der Waals surface area contributed by atoms with Crippen molar-refractivity contribution >= 4 is 11.9 Å². The van der Waals surface area contributed by atoms with Crippen LogP contribution in [0.4, 0.5) is 0 Å². The molecule has 0 aliphatic rings. The van der Waals surface area contributed by atoms with Crippen LogP contribution in [0.25, 0.3) is 0 Å². The molecule has 3 aromatic rings. The van der Waals surface area contributed by atoms with Crippen LogP contribution in [0.3, 0.4) is 0 Å². The van der Waals surface area contributed by atoms with Gasteiger partial charge >= 0.3 is 23.3 Å². The molecule has 0 aliphatic carbocycles. The van der Waals surface area contributed by atoms with Gasteiger partial charge in [0.15, 0.2) is 0 Å². The molecular weight excluding hydrogens is 977 g/mol. The van der Waals surface area contributed by atoms with Crippen LogP contribution in [0.15, 0.2) is 55.8 Å². The molecule has 0 radical (unpaired) electrons. The van der Waals surface area contributed by atoms with Gasteiger partial charge in [-0.25, -0.2) is 9.59 Å². The second kappa shape index (κ2) is 40.4. The monoisotopic (exact) mass is 1050 g/mol. The van der Waals surface area contributed by atoms with E-state index in [0.717, 1.165) is 9.13 Å². The largest absolute Gasteiger partial charge is 0.463 e. The smallest absolute Gasteiger partial charge is 0.331 e. The molecule has 2 aromatic heterocycles. The van der Waals surface area contributed by atoms with Crippen molar-refractivity contribution in [1.82, 2.24) is 18.3 Å². The Labute approximate surface area is 431 Å². The van der Waals surface area contributed by atoms with Gasteiger partial charge < -0.3 is 66.3 Å². The Morgan fingerprint density at radius 1 is 0.392 bits per heavy atom. The molecule has 0 atom stereocenters. The second-order valence-corrected chi connectivity index (χ2v) is 16.2. The van der Waals surface area contributed by atoms with Gasteiger partial charge in [-0.15, -0.1) is 0 Å². The Bertz CT molecular complexity index is 2090. The zero-order valence-electron chi connectivity index (χ0n) is 43.6. The molecule has 0 saturated carbocycles. The quantitative estimate of drug-likeness (QED) is 0.0548. The Kier molecular flexibility index (Phi) is 34.5. The van der Waals surface area contributed by atoms with Crippen molar-refractivity contribution in [2.45, 2.75) is 52.9 Å². The van der Waals surface area contributed by atoms with Gasteiger partial charge in [0.2, 0.25) is 0 Å². The molecule has 1 aromatic carbocycles. The molecule has 418 valence electrons. The van der Waals surface area contributed by atoms with E-state index in [1.54, 1.807) is 52.3 Å². The number of aromatic nitrogens is 4. The summed E-state index contributed by atoms with van der Waals surface area (Å²) in [6, 6.07) is 6.83. The predicted molar refractivity (Wildman–Crippen MR) is 267 cm³/mol. The fourth-order valence-corrected chi connectivity index (χ4v) is 6.65. The highest BCUT2D eigenvalue weighted by molar-refractivity contribution is 5.69. The summed E-state index contributed by atoms with van der Waals surface area (Å²) in [5.74, 6) is -1.11. The van der Waals surface area contributed by atoms with E-state index >= 15 is 0 Å². The Balaban J connectivity index is 1.37. The van der Waals surface area contributed by atoms with Gasteiger partial charge in [0.25, 0.3) is 11.1 Å². The minimum atomic E-state index is -0.653. The van der Waals surface area contributed by atoms with Crippen molar-refractivity contribution in [2.75, 3.05) is 173 Å². The molecule has 0 fully saturated rings. The fraction of sp³-hybridized carbons (Fsp3) is 0.680. The van der Waals surface area contributed by atoms with Gasteiger partial charge in [-0.1, -0.05) is 24.3 Å². The lowest BCUT2D eigenvalue weighted by Gasteiger charge is -2.16. The van der Waals surface area contributed by atoms with Crippen molar-refractivity contribution in [1.29, 1.82) is 0 Å². The molecule has 0 bridgehead atoms. The third-order valence-corrected chi connectivity index (χ3v) is 10.5. The lowest BCUT2D eigenvalue weighted by Crippen LogP contribution is -2.42. The molecule has 24 heteroatoms. The van der Waals surface area contributed by atoms with Gasteiger partial charge in [-0.3, -0.25) is 37.4 Å². The third kappa shape index (κ3) is 27.0. The summed E-state index contributed by atoms with van der Waals surface area (Å²) in [4.78, 5) is 79.1. The number of rotatable bonds is 46. The van der Waals surface area contributed by atoms with E-state index in [2.05, 4.69) is 0 Å². The molecule has 24 nitrogen and oxygen atoms in total. The maximum Gasteiger partial charge on any atom is 0.331 e. The van der Waals surface area contributed by atoms with Crippen LogP contribution in [0.1, 0.15) is 35.1 Å². The van der Waals surface area contributed by atoms with Gasteiger partial charge in [0.1, 0.15) is 13.2 Å². The van der Waals surface area contributed by atoms with Crippen LogP contribution in [-0.2, 0) is 102 Å². The van der Waals surface area contributed by atoms with Gasteiger partial charge in [-0.05, 0) is 25.0 Å². The van der Waals surface area contributed by atoms with Gasteiger partial charge in [0, 0.05) is 50.8 Å². The Morgan fingerprint density at radius 2 is 0.649 bits per heavy atom. The number of carbonyl (C=O) groups excluding carboxylic acids is 2. The topological polar surface area (TPSA) is 251 Å². The number of hydrogen-bond donors (Lipinski definition) is 0. The summed E-state index contributed by atoms with van der Waals surface area (Å²) in [7, 11) is 3.23. The standard InChI is InChI=1S/C50H78N4O20/c1-41-37-51(11-9-45(55)73-35-33-71-31-29-69-27-25-67-23-21-65-19-17-63-15-13-61-3)49(59)53(47(41)57)39-43-7-5-6-8-44(43)40-54-48(58)42(2)38-52(50(54)60)12-10-46(56)74-36-34-72-32-30-70-28-26-68-24-22-66-20-18-64-16-14-62-4/h5-8,37-38H,9-36,39-40H2,1-4H3. The maximum atomic E-state index is 13.7. The minimum Gasteiger partial charge on any atom is -0.463 e. The van der Waals surface area contributed by atoms with Crippen LogP contribution in [0, 0.1) is 13.8 Å². The summed E-state index contributed by atoms with van der Waals surface area (Å²) in [5.41, 5.74) is -0.814. The number of carbonyl (C=O) groups is 2. The summed E-state index contributed by atoms with van der Waals surface area (Å²) in [6.45, 7) is 11.7. The second-order valence-electron chi connectivity index (χ2n) is 16.2. The summed E-state index contributed by atoms with van der Waals surface area (Å²) in [6.07, 6.45) is 2.51. The zero-order chi connectivity index (χ0) is 53.4. The number of methoxy groups -OCH3 is 2. The average Bonchev–Trinajstić information content (AvgIpc) is 3.39. The van der Waals surface area contributed by atoms with Crippen LogP contribution < -0.4 is 22.5 Å². The van der Waals surface area contributed by atoms with Crippen molar-refractivity contribution < 1.29 is 75.9 Å². The lowest BCUT2D eigenvalue weighted by atomic mass is 10.1. The molecule has 0 N–H and O–H groups in total. The lowest BCUT2D eigenvalue weighted by molar-refractivity contribution is -0.146. The highest BCUT2D eigenvalue weighted by Gasteiger charge is 2.16. The van der Waals surface area contributed by atoms with Gasteiger partial charge in [-0.2, -0.15) is 0 Å². The van der Waals surface area contributed by atoms with Crippen molar-refractivity contribution in [3.63, 3.8) is 0 Å². The summed E-state index contributed by atoms with van der Waals surface area (Å²) < 4.78 is 79.2. The number of ether oxygens (including phenoxy) is 14. The minimum absolute atomic E-state index is 0.00356. The number of hydrogen-bond acceptors (Lipinski definition) is 20. The molecule has 0 unspecified atom stereocenters. The third-order valence-electron chi connectivity index (χ3n) is 10.5. The van der Waals surface area contributed by atoms with E-state index < -0.39 is 34.4 Å². The summed E-state index contributed by atoms with van der Waals surface area (Å²) >= 11 is 0. The van der Waals surface area contributed by atoms with E-state index in [1.165, 1.54) is 21.5 Å². The van der Waals surface area contributed by atoms with E-state index in [0.29, 0.717) is 143 Å². The number of nitrogens with zero attached hydrogens (tertiary/aromatic N) is 4.